The second-order valence-electron chi connectivity index (χ2n) is 3.97. The van der Waals surface area contributed by atoms with Crippen molar-refractivity contribution in [3.8, 4) is 0 Å². The second-order valence-corrected chi connectivity index (χ2v) is 3.97. The first kappa shape index (κ1) is 13.5. The lowest BCUT2D eigenvalue weighted by Gasteiger charge is -2.08. The molecule has 0 bridgehead atoms. The topological polar surface area (TPSA) is 81.5 Å². The van der Waals surface area contributed by atoms with Gasteiger partial charge in [0.2, 0.25) is 0 Å². The molecular weight excluding hydrogens is 260 g/mol. The molecule has 2 aromatic rings. The van der Waals surface area contributed by atoms with Crippen LogP contribution in [0.5, 0.6) is 0 Å². The highest BCUT2D eigenvalue weighted by Gasteiger charge is 2.13. The number of nitro groups is 1. The fraction of sp³-hybridized carbons (Fsp3) is 0.0714. The van der Waals surface area contributed by atoms with Crippen molar-refractivity contribution >= 4 is 23.0 Å². The third-order valence-corrected chi connectivity index (χ3v) is 2.66. The Morgan fingerprint density at radius 3 is 2.65 bits per heavy atom. The SMILES string of the molecule is COC(=O)c1cccc(Nc2ccccc2[N+](=O)[O-])c1. The first-order valence-corrected chi connectivity index (χ1v) is 5.80. The van der Waals surface area contributed by atoms with Gasteiger partial charge in [0.25, 0.3) is 5.69 Å². The van der Waals surface area contributed by atoms with Crippen LogP contribution in [0.25, 0.3) is 0 Å². The van der Waals surface area contributed by atoms with Gasteiger partial charge in [-0.05, 0) is 24.3 Å². The Kier molecular flexibility index (Phi) is 3.95. The first-order valence-electron chi connectivity index (χ1n) is 5.80. The normalized spacial score (nSPS) is 9.85. The van der Waals surface area contributed by atoms with Crippen LogP contribution in [0.3, 0.4) is 0 Å². The molecule has 0 aliphatic rings. The zero-order chi connectivity index (χ0) is 14.5. The first-order chi connectivity index (χ1) is 9.61. The number of carbonyl (C=O) groups is 1. The van der Waals surface area contributed by atoms with Gasteiger partial charge in [-0.1, -0.05) is 18.2 Å². The van der Waals surface area contributed by atoms with Gasteiger partial charge in [0.1, 0.15) is 5.69 Å². The maximum absolute atomic E-state index is 11.4. The Bertz CT molecular complexity index is 655. The molecule has 0 spiro atoms. The summed E-state index contributed by atoms with van der Waals surface area (Å²) in [6.07, 6.45) is 0. The molecule has 2 aromatic carbocycles. The number of esters is 1. The van der Waals surface area contributed by atoms with Gasteiger partial charge in [-0.25, -0.2) is 4.79 Å². The van der Waals surface area contributed by atoms with Gasteiger partial charge >= 0.3 is 5.97 Å². The summed E-state index contributed by atoms with van der Waals surface area (Å²) in [7, 11) is 1.30. The number of nitro benzene ring substituents is 1. The summed E-state index contributed by atoms with van der Waals surface area (Å²) in [6.45, 7) is 0. The van der Waals surface area contributed by atoms with E-state index >= 15 is 0 Å². The minimum atomic E-state index is -0.466. The molecule has 0 unspecified atom stereocenters. The zero-order valence-corrected chi connectivity index (χ0v) is 10.7. The Morgan fingerprint density at radius 1 is 1.20 bits per heavy atom. The molecule has 0 radical (unpaired) electrons. The van der Waals surface area contributed by atoms with Crippen LogP contribution in [0.4, 0.5) is 17.1 Å². The van der Waals surface area contributed by atoms with Gasteiger partial charge in [0.15, 0.2) is 0 Å². The number of methoxy groups -OCH3 is 1. The average Bonchev–Trinajstić information content (AvgIpc) is 2.47. The van der Waals surface area contributed by atoms with Crippen LogP contribution in [0.2, 0.25) is 0 Å². The number of hydrogen-bond acceptors (Lipinski definition) is 5. The summed E-state index contributed by atoms with van der Waals surface area (Å²) in [5.41, 5.74) is 1.27. The fourth-order valence-corrected chi connectivity index (χ4v) is 1.74. The Morgan fingerprint density at radius 2 is 1.95 bits per heavy atom. The Balaban J connectivity index is 2.31. The molecule has 6 nitrogen and oxygen atoms in total. The monoisotopic (exact) mass is 272 g/mol. The standard InChI is InChI=1S/C14H12N2O4/c1-20-14(17)10-5-4-6-11(9-10)15-12-7-2-3-8-13(12)16(18)19/h2-9,15H,1H3. The van der Waals surface area contributed by atoms with E-state index in [1.807, 2.05) is 0 Å². The number of carbonyl (C=O) groups excluding carboxylic acids is 1. The number of nitrogens with zero attached hydrogens (tertiary/aromatic N) is 1. The van der Waals surface area contributed by atoms with Crippen LogP contribution < -0.4 is 5.32 Å². The number of anilines is 2. The minimum Gasteiger partial charge on any atom is -0.465 e. The number of benzene rings is 2. The van der Waals surface area contributed by atoms with Crippen LogP contribution in [0.15, 0.2) is 48.5 Å². The van der Waals surface area contributed by atoms with Gasteiger partial charge in [-0.3, -0.25) is 10.1 Å². The molecule has 0 aromatic heterocycles. The van der Waals surface area contributed by atoms with E-state index in [0.717, 1.165) is 0 Å². The molecule has 0 saturated heterocycles. The summed E-state index contributed by atoms with van der Waals surface area (Å²) in [5, 5.41) is 13.8. The number of ether oxygens (including phenoxy) is 1. The van der Waals surface area contributed by atoms with Gasteiger partial charge in [0, 0.05) is 11.8 Å². The quantitative estimate of drug-likeness (QED) is 0.525. The smallest absolute Gasteiger partial charge is 0.337 e. The maximum atomic E-state index is 11.4. The summed E-state index contributed by atoms with van der Waals surface area (Å²) in [5.74, 6) is -0.462. The molecule has 0 aliphatic carbocycles. The second kappa shape index (κ2) is 5.83. The largest absolute Gasteiger partial charge is 0.465 e. The summed E-state index contributed by atoms with van der Waals surface area (Å²) >= 11 is 0. The van der Waals surface area contributed by atoms with E-state index < -0.39 is 10.9 Å². The summed E-state index contributed by atoms with van der Waals surface area (Å²) < 4.78 is 4.63. The molecule has 2 rings (SSSR count). The van der Waals surface area contributed by atoms with Crippen LogP contribution in [0.1, 0.15) is 10.4 Å². The lowest BCUT2D eigenvalue weighted by Crippen LogP contribution is -2.02. The Labute approximate surface area is 115 Å². The molecular formula is C14H12N2O4. The average molecular weight is 272 g/mol. The molecule has 1 N–H and O–H groups in total. The lowest BCUT2D eigenvalue weighted by molar-refractivity contribution is -0.383. The van der Waals surface area contributed by atoms with E-state index in [-0.39, 0.29) is 5.69 Å². The summed E-state index contributed by atoms with van der Waals surface area (Å²) in [6, 6.07) is 12.9. The number of nitrogens with one attached hydrogen (secondary N) is 1. The van der Waals surface area contributed by atoms with Crippen molar-refractivity contribution in [1.82, 2.24) is 0 Å². The van der Waals surface area contributed by atoms with Crippen molar-refractivity contribution in [3.63, 3.8) is 0 Å². The van der Waals surface area contributed by atoms with Crippen molar-refractivity contribution in [1.29, 1.82) is 0 Å². The third kappa shape index (κ3) is 2.92. The highest BCUT2D eigenvalue weighted by atomic mass is 16.6. The van der Waals surface area contributed by atoms with Crippen molar-refractivity contribution in [2.24, 2.45) is 0 Å². The van der Waals surface area contributed by atoms with E-state index in [2.05, 4.69) is 10.1 Å². The molecule has 0 amide bonds. The molecule has 0 heterocycles. The lowest BCUT2D eigenvalue weighted by atomic mass is 10.2. The third-order valence-electron chi connectivity index (χ3n) is 2.66. The van der Waals surface area contributed by atoms with Crippen LogP contribution in [-0.2, 0) is 4.74 Å². The van der Waals surface area contributed by atoms with Gasteiger partial charge < -0.3 is 10.1 Å². The predicted molar refractivity (Wildman–Crippen MR) is 74.2 cm³/mol. The van der Waals surface area contributed by atoms with Gasteiger partial charge in [-0.15, -0.1) is 0 Å². The number of rotatable bonds is 4. The number of para-hydroxylation sites is 2. The van der Waals surface area contributed by atoms with Crippen molar-refractivity contribution in [2.45, 2.75) is 0 Å². The molecule has 20 heavy (non-hydrogen) atoms. The predicted octanol–water partition coefficient (Wildman–Crippen LogP) is 3.13. The minimum absolute atomic E-state index is 0.0315. The van der Waals surface area contributed by atoms with E-state index in [1.165, 1.54) is 13.2 Å². The maximum Gasteiger partial charge on any atom is 0.337 e. The molecule has 0 aliphatic heterocycles. The highest BCUT2D eigenvalue weighted by molar-refractivity contribution is 5.90. The van der Waals surface area contributed by atoms with E-state index in [1.54, 1.807) is 42.5 Å². The molecule has 0 fully saturated rings. The molecule has 0 saturated carbocycles. The van der Waals surface area contributed by atoms with Crippen molar-refractivity contribution in [3.05, 3.63) is 64.2 Å². The Hall–Kier alpha value is -2.89. The van der Waals surface area contributed by atoms with Crippen molar-refractivity contribution < 1.29 is 14.5 Å². The van der Waals surface area contributed by atoms with Crippen LogP contribution in [0, 0.1) is 10.1 Å². The summed E-state index contributed by atoms with van der Waals surface area (Å²) in [4.78, 5) is 21.9. The van der Waals surface area contributed by atoms with Gasteiger partial charge in [-0.2, -0.15) is 0 Å². The molecule has 6 heteroatoms. The van der Waals surface area contributed by atoms with Crippen LogP contribution >= 0.6 is 0 Å². The molecule has 0 atom stereocenters. The highest BCUT2D eigenvalue weighted by Crippen LogP contribution is 2.27. The van der Waals surface area contributed by atoms with Crippen LogP contribution in [-0.4, -0.2) is 18.0 Å². The van der Waals surface area contributed by atoms with E-state index in [0.29, 0.717) is 16.9 Å². The van der Waals surface area contributed by atoms with Crippen molar-refractivity contribution in [2.75, 3.05) is 12.4 Å². The fourth-order valence-electron chi connectivity index (χ4n) is 1.74. The molecule has 102 valence electrons. The number of hydrogen-bond donors (Lipinski definition) is 1. The van der Waals surface area contributed by atoms with E-state index in [9.17, 15) is 14.9 Å². The zero-order valence-electron chi connectivity index (χ0n) is 10.7. The van der Waals surface area contributed by atoms with E-state index in [4.69, 9.17) is 0 Å². The van der Waals surface area contributed by atoms with Gasteiger partial charge in [0.05, 0.1) is 17.6 Å².